The first kappa shape index (κ1) is 24.6. The molecule has 0 spiro atoms. The Labute approximate surface area is 206 Å². The lowest BCUT2D eigenvalue weighted by atomic mass is 10.0. The lowest BCUT2D eigenvalue weighted by Crippen LogP contribution is -2.38. The predicted octanol–water partition coefficient (Wildman–Crippen LogP) is 4.75. The second-order valence-corrected chi connectivity index (χ2v) is 9.59. The number of carbonyl (C=O) groups excluding carboxylic acids is 1. The Balaban J connectivity index is 1.26. The maximum absolute atomic E-state index is 15.1. The fourth-order valence-electron chi connectivity index (χ4n) is 4.12. The van der Waals surface area contributed by atoms with E-state index in [1.54, 1.807) is 6.07 Å². The summed E-state index contributed by atoms with van der Waals surface area (Å²) in [7, 11) is 0. The van der Waals surface area contributed by atoms with E-state index in [0.29, 0.717) is 24.4 Å². The number of imidazole rings is 1. The normalized spacial score (nSPS) is 23.1. The van der Waals surface area contributed by atoms with Crippen molar-refractivity contribution in [2.45, 2.75) is 69.3 Å². The molecule has 15 heteroatoms. The van der Waals surface area contributed by atoms with Gasteiger partial charge in [0.25, 0.3) is 0 Å². The Kier molecular flexibility index (Phi) is 6.19. The second kappa shape index (κ2) is 9.07. The van der Waals surface area contributed by atoms with Gasteiger partial charge in [-0.1, -0.05) is 11.6 Å². The number of hydrogen-bond acceptors (Lipinski definition) is 7. The number of carbonyl (C=O) groups is 1. The maximum atomic E-state index is 15.1. The fourth-order valence-corrected chi connectivity index (χ4v) is 4.30. The molecule has 0 radical (unpaired) electrons. The summed E-state index contributed by atoms with van der Waals surface area (Å²) in [5.41, 5.74) is 0.405. The molecule has 0 saturated heterocycles. The molecule has 0 unspecified atom stereocenters. The zero-order chi connectivity index (χ0) is 25.7. The molecule has 3 aromatic rings. The van der Waals surface area contributed by atoms with Gasteiger partial charge in [-0.15, -0.1) is 13.2 Å². The molecule has 2 aliphatic rings. The fraction of sp³-hybridized carbons (Fsp3) is 0.524. The van der Waals surface area contributed by atoms with Gasteiger partial charge in [0.05, 0.1) is 18.5 Å². The SMILES string of the molecule is CC1(NC(=O)O[C@H]2CC[C@@H](c3cc(Nc4ncc(Cl)c5nc(COC(F)(F)F)cn45)n[nH]3)[C@@H]2F)CC1. The molecule has 3 N–H and O–H groups in total. The lowest BCUT2D eigenvalue weighted by Gasteiger charge is -2.19. The van der Waals surface area contributed by atoms with E-state index in [0.717, 1.165) is 12.8 Å². The molecular formula is C21H22ClF4N7O3. The number of rotatable bonds is 7. The number of ether oxygens (including phenoxy) is 2. The first-order valence-electron chi connectivity index (χ1n) is 11.2. The molecule has 3 atom stereocenters. The summed E-state index contributed by atoms with van der Waals surface area (Å²) in [4.78, 5) is 20.3. The van der Waals surface area contributed by atoms with Gasteiger partial charge in [0.15, 0.2) is 11.5 Å². The van der Waals surface area contributed by atoms with Crippen molar-refractivity contribution in [3.05, 3.63) is 34.9 Å². The van der Waals surface area contributed by atoms with Crippen LogP contribution in [-0.2, 0) is 16.1 Å². The van der Waals surface area contributed by atoms with Crippen molar-refractivity contribution < 1.29 is 31.8 Å². The van der Waals surface area contributed by atoms with Crippen LogP contribution in [0.1, 0.15) is 49.9 Å². The number of aromatic nitrogens is 5. The van der Waals surface area contributed by atoms with Crippen molar-refractivity contribution in [1.29, 1.82) is 0 Å². The zero-order valence-corrected chi connectivity index (χ0v) is 19.7. The molecule has 2 aliphatic carbocycles. The third-order valence-electron chi connectivity index (χ3n) is 6.28. The molecule has 3 heterocycles. The standard InChI is InChI=1S/C21H22ClF4N7O3/c1-20(4-5-20)30-19(34)36-14-3-2-11(16(14)23)13-6-15(32-31-13)29-18-27-7-12(22)17-28-10(8-33(17)18)9-35-21(24,25)26/h6-8,11,14,16H,2-5,9H2,1H3,(H,30,34)(H2,27,29,31,32)/t11-,14-,16-/m0/s1. The summed E-state index contributed by atoms with van der Waals surface area (Å²) in [6.45, 7) is 1.11. The van der Waals surface area contributed by atoms with E-state index in [1.807, 2.05) is 6.92 Å². The van der Waals surface area contributed by atoms with Crippen molar-refractivity contribution in [2.75, 3.05) is 5.32 Å². The summed E-state index contributed by atoms with van der Waals surface area (Å²) in [6.07, 6.45) is -2.54. The van der Waals surface area contributed by atoms with Gasteiger partial charge in [-0.05, 0) is 32.6 Å². The monoisotopic (exact) mass is 531 g/mol. The first-order chi connectivity index (χ1) is 17.0. The molecule has 2 saturated carbocycles. The van der Waals surface area contributed by atoms with Crippen molar-refractivity contribution in [3.8, 4) is 0 Å². The van der Waals surface area contributed by atoms with Crippen molar-refractivity contribution >= 4 is 35.1 Å². The minimum Gasteiger partial charge on any atom is -0.443 e. The third-order valence-corrected chi connectivity index (χ3v) is 6.55. The summed E-state index contributed by atoms with van der Waals surface area (Å²) < 4.78 is 62.7. The molecule has 1 amide bonds. The van der Waals surface area contributed by atoms with Crippen LogP contribution >= 0.6 is 11.6 Å². The van der Waals surface area contributed by atoms with Crippen molar-refractivity contribution in [1.82, 2.24) is 29.9 Å². The number of nitrogens with one attached hydrogen (secondary N) is 3. The Morgan fingerprint density at radius 3 is 2.86 bits per heavy atom. The highest BCUT2D eigenvalue weighted by Gasteiger charge is 2.43. The van der Waals surface area contributed by atoms with E-state index in [1.165, 1.54) is 16.8 Å². The quantitative estimate of drug-likeness (QED) is 0.376. The molecule has 3 aromatic heterocycles. The van der Waals surface area contributed by atoms with Crippen LogP contribution in [0.15, 0.2) is 18.5 Å². The summed E-state index contributed by atoms with van der Waals surface area (Å²) in [6, 6.07) is 1.59. The number of alkyl halides is 4. The molecular weight excluding hydrogens is 510 g/mol. The molecule has 10 nitrogen and oxygen atoms in total. The molecule has 0 aliphatic heterocycles. The van der Waals surface area contributed by atoms with E-state index in [4.69, 9.17) is 16.3 Å². The van der Waals surface area contributed by atoms with E-state index in [2.05, 4.69) is 35.5 Å². The van der Waals surface area contributed by atoms with Gasteiger partial charge in [0, 0.05) is 29.4 Å². The van der Waals surface area contributed by atoms with Gasteiger partial charge in [-0.2, -0.15) is 5.10 Å². The summed E-state index contributed by atoms with van der Waals surface area (Å²) >= 11 is 6.09. The van der Waals surface area contributed by atoms with E-state index in [-0.39, 0.29) is 27.9 Å². The minimum absolute atomic E-state index is 0.00928. The Hall–Kier alpha value is -3.13. The number of amides is 1. The average molecular weight is 532 g/mol. The van der Waals surface area contributed by atoms with Crippen LogP contribution in [0.25, 0.3) is 5.65 Å². The number of H-pyrrole nitrogens is 1. The number of hydrogen-bond donors (Lipinski definition) is 3. The number of alkyl carbamates (subject to hydrolysis) is 1. The molecule has 0 bridgehead atoms. The second-order valence-electron chi connectivity index (χ2n) is 9.18. The molecule has 2 fully saturated rings. The summed E-state index contributed by atoms with van der Waals surface area (Å²) in [5, 5.41) is 12.7. The van der Waals surface area contributed by atoms with Crippen LogP contribution in [0.3, 0.4) is 0 Å². The van der Waals surface area contributed by atoms with Gasteiger partial charge in [0.2, 0.25) is 5.95 Å². The Bertz CT molecular complexity index is 1280. The lowest BCUT2D eigenvalue weighted by molar-refractivity contribution is -0.330. The molecule has 0 aromatic carbocycles. The predicted molar refractivity (Wildman–Crippen MR) is 119 cm³/mol. The van der Waals surface area contributed by atoms with Gasteiger partial charge in [-0.3, -0.25) is 14.2 Å². The van der Waals surface area contributed by atoms with Crippen molar-refractivity contribution in [3.63, 3.8) is 0 Å². The maximum Gasteiger partial charge on any atom is 0.522 e. The van der Waals surface area contributed by atoms with Crippen LogP contribution < -0.4 is 10.6 Å². The topological polar surface area (TPSA) is 118 Å². The number of aromatic amines is 1. The zero-order valence-electron chi connectivity index (χ0n) is 18.9. The van der Waals surface area contributed by atoms with Crippen LogP contribution in [0.4, 0.5) is 34.1 Å². The first-order valence-corrected chi connectivity index (χ1v) is 11.6. The number of fused-ring (bicyclic) bond motifs is 1. The van der Waals surface area contributed by atoms with Crippen LogP contribution in [0.2, 0.25) is 5.02 Å². The highest BCUT2D eigenvalue weighted by molar-refractivity contribution is 6.33. The van der Waals surface area contributed by atoms with Crippen LogP contribution in [-0.4, -0.2) is 54.8 Å². The highest BCUT2D eigenvalue weighted by atomic mass is 35.5. The Morgan fingerprint density at radius 2 is 2.14 bits per heavy atom. The average Bonchev–Trinajstić information content (AvgIpc) is 3.16. The summed E-state index contributed by atoms with van der Waals surface area (Å²) in [5.74, 6) is -0.0910. The van der Waals surface area contributed by atoms with Crippen molar-refractivity contribution in [2.24, 2.45) is 0 Å². The van der Waals surface area contributed by atoms with Gasteiger partial charge < -0.3 is 15.4 Å². The van der Waals surface area contributed by atoms with E-state index in [9.17, 15) is 18.0 Å². The minimum atomic E-state index is -4.80. The molecule has 5 rings (SSSR count). The van der Waals surface area contributed by atoms with E-state index >= 15 is 4.39 Å². The van der Waals surface area contributed by atoms with Crippen LogP contribution in [0, 0.1) is 0 Å². The number of halogens is 5. The smallest absolute Gasteiger partial charge is 0.443 e. The molecule has 194 valence electrons. The molecule has 36 heavy (non-hydrogen) atoms. The van der Waals surface area contributed by atoms with Gasteiger partial charge in [-0.25, -0.2) is 19.2 Å². The Morgan fingerprint density at radius 1 is 1.36 bits per heavy atom. The number of nitrogens with zero attached hydrogens (tertiary/aromatic N) is 4. The third kappa shape index (κ3) is 5.33. The van der Waals surface area contributed by atoms with Gasteiger partial charge >= 0.3 is 12.5 Å². The van der Waals surface area contributed by atoms with E-state index < -0.39 is 37.3 Å². The number of anilines is 2. The highest BCUT2D eigenvalue weighted by Crippen LogP contribution is 2.39. The largest absolute Gasteiger partial charge is 0.522 e. The van der Waals surface area contributed by atoms with Gasteiger partial charge in [0.1, 0.15) is 17.3 Å². The van der Waals surface area contributed by atoms with Crippen LogP contribution in [0.5, 0.6) is 0 Å².